The Hall–Kier alpha value is -0.960. The maximum Gasteiger partial charge on any atom is 0.240 e. The number of hydrogen-bond donors (Lipinski definition) is 2. The van der Waals surface area contributed by atoms with Crippen molar-refractivity contribution < 1.29 is 16.8 Å². The van der Waals surface area contributed by atoms with Crippen molar-refractivity contribution in [2.45, 2.75) is 17.9 Å². The minimum absolute atomic E-state index is 0.0661. The number of sulfonamides is 1. The van der Waals surface area contributed by atoms with Crippen molar-refractivity contribution in [1.82, 2.24) is 10.0 Å². The predicted octanol–water partition coefficient (Wildman–Crippen LogP) is 0.119. The van der Waals surface area contributed by atoms with Gasteiger partial charge >= 0.3 is 0 Å². The number of nitrogens with one attached hydrogen (secondary N) is 2. The van der Waals surface area contributed by atoms with Crippen molar-refractivity contribution >= 4 is 19.9 Å². The summed E-state index contributed by atoms with van der Waals surface area (Å²) < 4.78 is 49.5. The Kier molecular flexibility index (Phi) is 5.03. The fourth-order valence-electron chi connectivity index (χ4n) is 2.33. The maximum absolute atomic E-state index is 12.1. The Labute approximate surface area is 125 Å². The van der Waals surface area contributed by atoms with Crippen LogP contribution in [0.25, 0.3) is 0 Å². The molecule has 0 radical (unpaired) electrons. The summed E-state index contributed by atoms with van der Waals surface area (Å²) in [5.41, 5.74) is 0.998. The van der Waals surface area contributed by atoms with Gasteiger partial charge in [-0.15, -0.1) is 0 Å². The number of rotatable bonds is 6. The molecular formula is C13H20N2O4S2. The van der Waals surface area contributed by atoms with Crippen LogP contribution in [0.2, 0.25) is 0 Å². The zero-order chi connectivity index (χ0) is 15.5. The number of benzene rings is 1. The standard InChI is InChI=1S/C13H20N2O4S2/c1-14-8-11-2-4-13(5-3-11)21(18,19)15-9-12-6-7-20(16,17)10-12/h2-5,12,14-15H,6-10H2,1H3. The maximum atomic E-state index is 12.1. The molecule has 1 aliphatic heterocycles. The van der Waals surface area contributed by atoms with Crippen LogP contribution in [0.4, 0.5) is 0 Å². The van der Waals surface area contributed by atoms with Crippen molar-refractivity contribution in [2.24, 2.45) is 5.92 Å². The summed E-state index contributed by atoms with van der Waals surface area (Å²) in [7, 11) is -4.74. The molecule has 2 N–H and O–H groups in total. The lowest BCUT2D eigenvalue weighted by Crippen LogP contribution is -2.30. The lowest BCUT2D eigenvalue weighted by Gasteiger charge is -2.11. The van der Waals surface area contributed by atoms with Crippen LogP contribution in [0.1, 0.15) is 12.0 Å². The zero-order valence-corrected chi connectivity index (χ0v) is 13.5. The molecule has 1 fully saturated rings. The third-order valence-corrected chi connectivity index (χ3v) is 6.78. The van der Waals surface area contributed by atoms with Crippen molar-refractivity contribution in [3.63, 3.8) is 0 Å². The van der Waals surface area contributed by atoms with Crippen LogP contribution < -0.4 is 10.0 Å². The van der Waals surface area contributed by atoms with E-state index in [1.54, 1.807) is 24.3 Å². The lowest BCUT2D eigenvalue weighted by atomic mass is 10.1. The molecule has 2 rings (SSSR count). The van der Waals surface area contributed by atoms with Gasteiger partial charge in [-0.05, 0) is 37.1 Å². The summed E-state index contributed by atoms with van der Waals surface area (Å²) in [6, 6.07) is 6.62. The first-order valence-electron chi connectivity index (χ1n) is 6.76. The van der Waals surface area contributed by atoms with E-state index in [9.17, 15) is 16.8 Å². The average molecular weight is 332 g/mol. The van der Waals surface area contributed by atoms with E-state index in [2.05, 4.69) is 10.0 Å². The minimum atomic E-state index is -3.58. The Morgan fingerprint density at radius 3 is 2.43 bits per heavy atom. The first-order valence-corrected chi connectivity index (χ1v) is 10.1. The fourth-order valence-corrected chi connectivity index (χ4v) is 5.31. The van der Waals surface area contributed by atoms with Gasteiger partial charge in [-0.3, -0.25) is 0 Å². The first-order chi connectivity index (χ1) is 9.82. The van der Waals surface area contributed by atoms with E-state index in [1.165, 1.54) is 0 Å². The Bertz CT molecular complexity index is 681. The molecular weight excluding hydrogens is 312 g/mol. The molecule has 1 aromatic carbocycles. The second-order valence-corrected chi connectivity index (χ2v) is 9.29. The molecule has 8 heteroatoms. The quantitative estimate of drug-likeness (QED) is 0.772. The Morgan fingerprint density at radius 2 is 1.90 bits per heavy atom. The molecule has 0 bridgehead atoms. The second kappa shape index (κ2) is 6.43. The van der Waals surface area contributed by atoms with Crippen LogP contribution in [0.3, 0.4) is 0 Å². The molecule has 0 aliphatic carbocycles. The molecule has 1 aromatic rings. The molecule has 1 aliphatic rings. The van der Waals surface area contributed by atoms with E-state index in [1.807, 2.05) is 7.05 Å². The summed E-state index contributed by atoms with van der Waals surface area (Å²) in [5, 5.41) is 2.99. The van der Waals surface area contributed by atoms with Crippen molar-refractivity contribution in [3.05, 3.63) is 29.8 Å². The van der Waals surface area contributed by atoms with Gasteiger partial charge in [0, 0.05) is 13.1 Å². The third-order valence-electron chi connectivity index (χ3n) is 3.50. The van der Waals surface area contributed by atoms with Crippen LogP contribution >= 0.6 is 0 Å². The molecule has 0 spiro atoms. The molecule has 1 unspecified atom stereocenters. The molecule has 118 valence electrons. The van der Waals surface area contributed by atoms with Gasteiger partial charge in [0.2, 0.25) is 10.0 Å². The summed E-state index contributed by atoms with van der Waals surface area (Å²) in [6.07, 6.45) is 0.520. The topological polar surface area (TPSA) is 92.3 Å². The summed E-state index contributed by atoms with van der Waals surface area (Å²) in [4.78, 5) is 0.197. The highest BCUT2D eigenvalue weighted by atomic mass is 32.2. The molecule has 1 heterocycles. The van der Waals surface area contributed by atoms with E-state index in [-0.39, 0.29) is 28.9 Å². The van der Waals surface area contributed by atoms with Gasteiger partial charge in [0.1, 0.15) is 0 Å². The first kappa shape index (κ1) is 16.4. The molecule has 0 amide bonds. The Balaban J connectivity index is 1.98. The lowest BCUT2D eigenvalue weighted by molar-refractivity contribution is 0.543. The third kappa shape index (κ3) is 4.50. The van der Waals surface area contributed by atoms with Gasteiger partial charge in [0.25, 0.3) is 0 Å². The molecule has 1 atom stereocenters. The molecule has 1 saturated heterocycles. The van der Waals surface area contributed by atoms with Gasteiger partial charge in [-0.1, -0.05) is 12.1 Å². The van der Waals surface area contributed by atoms with Crippen LogP contribution in [0.5, 0.6) is 0 Å². The van der Waals surface area contributed by atoms with Crippen LogP contribution in [-0.2, 0) is 26.4 Å². The number of hydrogen-bond acceptors (Lipinski definition) is 5. The van der Waals surface area contributed by atoms with Crippen LogP contribution in [-0.4, -0.2) is 41.9 Å². The zero-order valence-electron chi connectivity index (χ0n) is 11.9. The van der Waals surface area contributed by atoms with Gasteiger partial charge in [0.05, 0.1) is 16.4 Å². The molecule has 0 aromatic heterocycles. The van der Waals surface area contributed by atoms with E-state index >= 15 is 0 Å². The van der Waals surface area contributed by atoms with Gasteiger partial charge < -0.3 is 5.32 Å². The van der Waals surface area contributed by atoms with E-state index in [4.69, 9.17) is 0 Å². The average Bonchev–Trinajstić information content (AvgIpc) is 2.77. The van der Waals surface area contributed by atoms with E-state index in [0.29, 0.717) is 13.0 Å². The minimum Gasteiger partial charge on any atom is -0.316 e. The SMILES string of the molecule is CNCc1ccc(S(=O)(=O)NCC2CCS(=O)(=O)C2)cc1. The molecule has 0 saturated carbocycles. The van der Waals surface area contributed by atoms with Crippen LogP contribution in [0.15, 0.2) is 29.2 Å². The normalized spacial score (nSPS) is 21.5. The van der Waals surface area contributed by atoms with Crippen LogP contribution in [0, 0.1) is 5.92 Å². The van der Waals surface area contributed by atoms with E-state index < -0.39 is 19.9 Å². The molecule has 21 heavy (non-hydrogen) atoms. The fraction of sp³-hybridized carbons (Fsp3) is 0.538. The molecule has 6 nitrogen and oxygen atoms in total. The highest BCUT2D eigenvalue weighted by molar-refractivity contribution is 7.91. The van der Waals surface area contributed by atoms with E-state index in [0.717, 1.165) is 5.56 Å². The van der Waals surface area contributed by atoms with Crippen molar-refractivity contribution in [3.8, 4) is 0 Å². The predicted molar refractivity (Wildman–Crippen MR) is 81.2 cm³/mol. The van der Waals surface area contributed by atoms with Gasteiger partial charge in [-0.2, -0.15) is 0 Å². The highest BCUT2D eigenvalue weighted by Crippen LogP contribution is 2.18. The summed E-state index contributed by atoms with van der Waals surface area (Å²) >= 11 is 0. The second-order valence-electron chi connectivity index (χ2n) is 5.30. The summed E-state index contributed by atoms with van der Waals surface area (Å²) in [5.74, 6) is 0.0858. The van der Waals surface area contributed by atoms with Crippen molar-refractivity contribution in [2.75, 3.05) is 25.1 Å². The largest absolute Gasteiger partial charge is 0.316 e. The summed E-state index contributed by atoms with van der Waals surface area (Å²) in [6.45, 7) is 0.841. The van der Waals surface area contributed by atoms with Crippen molar-refractivity contribution in [1.29, 1.82) is 0 Å². The monoisotopic (exact) mass is 332 g/mol. The number of sulfone groups is 1. The highest BCUT2D eigenvalue weighted by Gasteiger charge is 2.28. The van der Waals surface area contributed by atoms with Gasteiger partial charge in [-0.25, -0.2) is 21.6 Å². The Morgan fingerprint density at radius 1 is 1.24 bits per heavy atom. The van der Waals surface area contributed by atoms with Gasteiger partial charge in [0.15, 0.2) is 9.84 Å². The smallest absolute Gasteiger partial charge is 0.240 e.